The lowest BCUT2D eigenvalue weighted by atomic mass is 10.1. The third-order valence-corrected chi connectivity index (χ3v) is 5.26. The molecule has 0 aliphatic carbocycles. The second-order valence-electron chi connectivity index (χ2n) is 6.86. The van der Waals surface area contributed by atoms with Gasteiger partial charge in [0.25, 0.3) is 5.91 Å². The summed E-state index contributed by atoms with van der Waals surface area (Å²) in [7, 11) is 0. The van der Waals surface area contributed by atoms with Gasteiger partial charge in [-0.2, -0.15) is 0 Å². The molecule has 0 spiro atoms. The highest BCUT2D eigenvalue weighted by Gasteiger charge is 2.28. The van der Waals surface area contributed by atoms with Crippen molar-refractivity contribution in [1.82, 2.24) is 4.90 Å². The standard InChI is InChI=1S/C22H20ClNO4/c1-14(22(26)24-12-6-7-13-24)27-21-19(25)16-9-3-5-11-18(16)28-20(21)15-8-2-4-10-17(15)23/h2-5,8-11,14H,6-7,12-13H2,1H3. The van der Waals surface area contributed by atoms with Crippen molar-refractivity contribution in [3.8, 4) is 17.1 Å². The molecule has 1 atom stereocenters. The fourth-order valence-corrected chi connectivity index (χ4v) is 3.70. The van der Waals surface area contributed by atoms with Crippen LogP contribution in [0.1, 0.15) is 19.8 Å². The van der Waals surface area contributed by atoms with Crippen LogP contribution in [0.3, 0.4) is 0 Å². The van der Waals surface area contributed by atoms with Crippen LogP contribution in [0.2, 0.25) is 5.02 Å². The summed E-state index contributed by atoms with van der Waals surface area (Å²) in [5, 5.41) is 0.832. The molecular weight excluding hydrogens is 378 g/mol. The third-order valence-electron chi connectivity index (χ3n) is 4.93. The van der Waals surface area contributed by atoms with Gasteiger partial charge in [0, 0.05) is 18.7 Å². The minimum Gasteiger partial charge on any atom is -0.473 e. The fraction of sp³-hybridized carbons (Fsp3) is 0.273. The number of hydrogen-bond donors (Lipinski definition) is 0. The zero-order valence-corrected chi connectivity index (χ0v) is 16.2. The van der Waals surface area contributed by atoms with Gasteiger partial charge in [0.1, 0.15) is 5.58 Å². The van der Waals surface area contributed by atoms with E-state index in [2.05, 4.69) is 0 Å². The normalized spacial score (nSPS) is 15.0. The second kappa shape index (κ2) is 7.68. The van der Waals surface area contributed by atoms with Crippen molar-refractivity contribution in [2.24, 2.45) is 0 Å². The van der Waals surface area contributed by atoms with Crippen LogP contribution in [-0.2, 0) is 4.79 Å². The molecule has 6 heteroatoms. The van der Waals surface area contributed by atoms with Crippen LogP contribution < -0.4 is 10.2 Å². The Balaban J connectivity index is 1.82. The lowest BCUT2D eigenvalue weighted by molar-refractivity contribution is -0.136. The first-order chi connectivity index (χ1) is 13.6. The van der Waals surface area contributed by atoms with E-state index in [4.69, 9.17) is 20.8 Å². The summed E-state index contributed by atoms with van der Waals surface area (Å²) in [4.78, 5) is 27.6. The van der Waals surface area contributed by atoms with Crippen LogP contribution >= 0.6 is 11.6 Å². The largest absolute Gasteiger partial charge is 0.473 e. The number of nitrogens with zero attached hydrogens (tertiary/aromatic N) is 1. The van der Waals surface area contributed by atoms with E-state index >= 15 is 0 Å². The van der Waals surface area contributed by atoms with Crippen molar-refractivity contribution in [3.63, 3.8) is 0 Å². The van der Waals surface area contributed by atoms with Gasteiger partial charge >= 0.3 is 0 Å². The third kappa shape index (κ3) is 3.38. The molecule has 1 aliphatic rings. The van der Waals surface area contributed by atoms with Crippen LogP contribution in [0.4, 0.5) is 0 Å². The smallest absolute Gasteiger partial charge is 0.263 e. The Kier molecular flexibility index (Phi) is 5.09. The Bertz CT molecular complexity index is 1090. The average Bonchev–Trinajstić information content (AvgIpc) is 3.24. The first-order valence-corrected chi connectivity index (χ1v) is 9.70. The molecule has 0 N–H and O–H groups in total. The van der Waals surface area contributed by atoms with Crippen LogP contribution in [0.25, 0.3) is 22.3 Å². The Labute approximate surface area is 167 Å². The number of rotatable bonds is 4. The average molecular weight is 398 g/mol. The number of likely N-dealkylation sites (tertiary alicyclic amines) is 1. The highest BCUT2D eigenvalue weighted by atomic mass is 35.5. The topological polar surface area (TPSA) is 59.8 Å². The summed E-state index contributed by atoms with van der Waals surface area (Å²) >= 11 is 6.34. The first-order valence-electron chi connectivity index (χ1n) is 9.32. The van der Waals surface area contributed by atoms with Crippen molar-refractivity contribution >= 4 is 28.5 Å². The molecule has 1 aliphatic heterocycles. The van der Waals surface area contributed by atoms with E-state index in [1.165, 1.54) is 0 Å². The van der Waals surface area contributed by atoms with E-state index in [-0.39, 0.29) is 22.8 Å². The molecule has 1 saturated heterocycles. The maximum Gasteiger partial charge on any atom is 0.263 e. The summed E-state index contributed by atoms with van der Waals surface area (Å²) in [5.41, 5.74) is 0.661. The number of carbonyl (C=O) groups excluding carboxylic acids is 1. The zero-order chi connectivity index (χ0) is 19.7. The van der Waals surface area contributed by atoms with Crippen LogP contribution in [0.5, 0.6) is 5.75 Å². The van der Waals surface area contributed by atoms with Gasteiger partial charge in [0.15, 0.2) is 11.9 Å². The number of para-hydroxylation sites is 1. The summed E-state index contributed by atoms with van der Waals surface area (Å²) in [5.74, 6) is 0.109. The molecule has 2 heterocycles. The van der Waals surface area contributed by atoms with Gasteiger partial charge in [-0.1, -0.05) is 35.9 Å². The van der Waals surface area contributed by atoms with Gasteiger partial charge in [-0.15, -0.1) is 0 Å². The van der Waals surface area contributed by atoms with Gasteiger partial charge in [0.2, 0.25) is 11.2 Å². The van der Waals surface area contributed by atoms with E-state index in [9.17, 15) is 9.59 Å². The number of hydrogen-bond acceptors (Lipinski definition) is 4. The molecule has 144 valence electrons. The van der Waals surface area contributed by atoms with Gasteiger partial charge in [-0.3, -0.25) is 9.59 Å². The Morgan fingerprint density at radius 2 is 1.79 bits per heavy atom. The maximum absolute atomic E-state index is 13.2. The Morgan fingerprint density at radius 1 is 1.11 bits per heavy atom. The van der Waals surface area contributed by atoms with Crippen LogP contribution in [0.15, 0.2) is 57.7 Å². The van der Waals surface area contributed by atoms with Gasteiger partial charge in [0.05, 0.1) is 10.4 Å². The number of fused-ring (bicyclic) bond motifs is 1. The zero-order valence-electron chi connectivity index (χ0n) is 15.5. The van der Waals surface area contributed by atoms with Crippen LogP contribution in [0, 0.1) is 0 Å². The molecule has 1 aromatic heterocycles. The predicted molar refractivity (Wildman–Crippen MR) is 109 cm³/mol. The number of carbonyl (C=O) groups is 1. The first kappa shape index (κ1) is 18.6. The second-order valence-corrected chi connectivity index (χ2v) is 7.27. The number of amides is 1. The van der Waals surface area contributed by atoms with E-state index in [0.717, 1.165) is 25.9 Å². The van der Waals surface area contributed by atoms with E-state index in [0.29, 0.717) is 21.6 Å². The predicted octanol–water partition coefficient (Wildman–Crippen LogP) is 4.50. The summed E-state index contributed by atoms with van der Waals surface area (Å²) in [6.07, 6.45) is 1.17. The molecule has 2 aromatic carbocycles. The van der Waals surface area contributed by atoms with Crippen molar-refractivity contribution in [3.05, 3.63) is 63.8 Å². The quantitative estimate of drug-likeness (QED) is 0.650. The highest BCUT2D eigenvalue weighted by Crippen LogP contribution is 2.35. The molecular formula is C22H20ClNO4. The van der Waals surface area contributed by atoms with E-state index < -0.39 is 6.10 Å². The van der Waals surface area contributed by atoms with Gasteiger partial charge in [-0.25, -0.2) is 0 Å². The lowest BCUT2D eigenvalue weighted by Crippen LogP contribution is -2.39. The lowest BCUT2D eigenvalue weighted by Gasteiger charge is -2.22. The fourth-order valence-electron chi connectivity index (χ4n) is 3.48. The molecule has 1 fully saturated rings. The summed E-state index contributed by atoms with van der Waals surface area (Å²) < 4.78 is 11.9. The molecule has 28 heavy (non-hydrogen) atoms. The van der Waals surface area contributed by atoms with E-state index in [1.807, 2.05) is 0 Å². The monoisotopic (exact) mass is 397 g/mol. The number of benzene rings is 2. The van der Waals surface area contributed by atoms with Crippen LogP contribution in [-0.4, -0.2) is 30.0 Å². The van der Waals surface area contributed by atoms with E-state index in [1.54, 1.807) is 60.4 Å². The molecule has 1 unspecified atom stereocenters. The van der Waals surface area contributed by atoms with Crippen molar-refractivity contribution < 1.29 is 13.9 Å². The van der Waals surface area contributed by atoms with Crippen molar-refractivity contribution in [1.29, 1.82) is 0 Å². The summed E-state index contributed by atoms with van der Waals surface area (Å²) in [6, 6.07) is 14.0. The van der Waals surface area contributed by atoms with Crippen molar-refractivity contribution in [2.45, 2.75) is 25.9 Å². The molecule has 0 bridgehead atoms. The molecule has 4 rings (SSSR count). The molecule has 0 radical (unpaired) electrons. The minimum absolute atomic E-state index is 0.00634. The summed E-state index contributed by atoms with van der Waals surface area (Å²) in [6.45, 7) is 3.10. The maximum atomic E-state index is 13.2. The Morgan fingerprint density at radius 3 is 2.54 bits per heavy atom. The molecule has 3 aromatic rings. The van der Waals surface area contributed by atoms with Gasteiger partial charge < -0.3 is 14.1 Å². The van der Waals surface area contributed by atoms with Crippen molar-refractivity contribution in [2.75, 3.05) is 13.1 Å². The highest BCUT2D eigenvalue weighted by molar-refractivity contribution is 6.33. The molecule has 5 nitrogen and oxygen atoms in total. The Hall–Kier alpha value is -2.79. The minimum atomic E-state index is -0.802. The van der Waals surface area contributed by atoms with Gasteiger partial charge in [-0.05, 0) is 44.0 Å². The SMILES string of the molecule is CC(Oc1c(-c2ccccc2Cl)oc2ccccc2c1=O)C(=O)N1CCCC1. The number of halogens is 1. The number of ether oxygens (including phenoxy) is 1. The molecule has 0 saturated carbocycles. The molecule has 1 amide bonds.